The van der Waals surface area contributed by atoms with E-state index in [9.17, 15) is 0 Å². The molecule has 0 bridgehead atoms. The van der Waals surface area contributed by atoms with Gasteiger partial charge in [0.25, 0.3) is 0 Å². The van der Waals surface area contributed by atoms with Crippen LogP contribution in [-0.4, -0.2) is 35.5 Å². The minimum Gasteiger partial charge on any atom is -0.389 e. The van der Waals surface area contributed by atoms with Gasteiger partial charge in [0, 0.05) is 13.1 Å². The number of hydrogen-bond donors (Lipinski definition) is 4. The highest BCUT2D eigenvalue weighted by molar-refractivity contribution is 4.66. The Bertz CT molecular complexity index is 52.0. The molecule has 8 heavy (non-hydrogen) atoms. The Morgan fingerprint density at radius 1 is 1.00 bits per heavy atom. The van der Waals surface area contributed by atoms with Crippen LogP contribution in [0.2, 0.25) is 0 Å². The average Bonchev–Trinajstić information content (AvgIpc) is 1.84. The van der Waals surface area contributed by atoms with E-state index < -0.39 is 12.2 Å². The van der Waals surface area contributed by atoms with E-state index >= 15 is 0 Å². The molecule has 0 aromatic heterocycles. The van der Waals surface area contributed by atoms with Gasteiger partial charge in [-0.2, -0.15) is 0 Å². The Morgan fingerprint density at radius 3 is 1.38 bits per heavy atom. The summed E-state index contributed by atoms with van der Waals surface area (Å²) in [7, 11) is 0. The van der Waals surface area contributed by atoms with Crippen molar-refractivity contribution >= 4 is 0 Å². The van der Waals surface area contributed by atoms with Crippen molar-refractivity contribution in [2.45, 2.75) is 12.2 Å². The summed E-state index contributed by atoms with van der Waals surface area (Å²) in [5, 5.41) is 17.3. The molecule has 4 heteroatoms. The zero-order valence-electron chi connectivity index (χ0n) is 4.62. The topological polar surface area (TPSA) is 92.5 Å². The highest BCUT2D eigenvalue weighted by atomic mass is 16.3. The number of aliphatic hydroxyl groups is 2. The summed E-state index contributed by atoms with van der Waals surface area (Å²) >= 11 is 0. The predicted molar refractivity (Wildman–Crippen MR) is 30.1 cm³/mol. The van der Waals surface area contributed by atoms with E-state index in [1.165, 1.54) is 0 Å². The van der Waals surface area contributed by atoms with Gasteiger partial charge in [-0.05, 0) is 0 Å². The summed E-state index contributed by atoms with van der Waals surface area (Å²) in [6.07, 6.45) is -1.75. The number of aliphatic hydroxyl groups excluding tert-OH is 2. The zero-order valence-corrected chi connectivity index (χ0v) is 4.62. The van der Waals surface area contributed by atoms with E-state index in [0.717, 1.165) is 0 Å². The van der Waals surface area contributed by atoms with Gasteiger partial charge in [-0.25, -0.2) is 0 Å². The maximum absolute atomic E-state index is 8.67. The SMILES string of the molecule is NC[C@@H](O)[C@H](O)CN. The minimum atomic E-state index is -0.875. The van der Waals surface area contributed by atoms with Gasteiger partial charge in [-0.15, -0.1) is 0 Å². The van der Waals surface area contributed by atoms with Crippen LogP contribution >= 0.6 is 0 Å². The summed E-state index contributed by atoms with van der Waals surface area (Å²) in [4.78, 5) is 0. The quantitative estimate of drug-likeness (QED) is 0.335. The van der Waals surface area contributed by atoms with Crippen LogP contribution in [0.1, 0.15) is 0 Å². The molecule has 0 saturated heterocycles. The van der Waals surface area contributed by atoms with Gasteiger partial charge >= 0.3 is 0 Å². The van der Waals surface area contributed by atoms with Crippen molar-refractivity contribution in [3.63, 3.8) is 0 Å². The van der Waals surface area contributed by atoms with Crippen LogP contribution in [-0.2, 0) is 0 Å². The molecule has 0 unspecified atom stereocenters. The van der Waals surface area contributed by atoms with Crippen LogP contribution in [0.4, 0.5) is 0 Å². The van der Waals surface area contributed by atoms with E-state index in [1.54, 1.807) is 0 Å². The van der Waals surface area contributed by atoms with E-state index in [0.29, 0.717) is 0 Å². The van der Waals surface area contributed by atoms with Crippen molar-refractivity contribution in [1.82, 2.24) is 0 Å². The zero-order chi connectivity index (χ0) is 6.57. The minimum absolute atomic E-state index is 0.0539. The molecule has 0 rings (SSSR count). The second kappa shape index (κ2) is 3.80. The van der Waals surface area contributed by atoms with Crippen LogP contribution in [0.25, 0.3) is 0 Å². The average molecular weight is 120 g/mol. The fourth-order valence-corrected chi connectivity index (χ4v) is 0.314. The molecule has 0 aliphatic carbocycles. The molecular weight excluding hydrogens is 108 g/mol. The van der Waals surface area contributed by atoms with Gasteiger partial charge in [0.15, 0.2) is 0 Å². The van der Waals surface area contributed by atoms with E-state index in [4.69, 9.17) is 21.7 Å². The molecule has 0 aliphatic heterocycles. The van der Waals surface area contributed by atoms with Crippen molar-refractivity contribution in [2.24, 2.45) is 11.5 Å². The molecule has 0 aromatic rings. The molecule has 0 spiro atoms. The van der Waals surface area contributed by atoms with Crippen LogP contribution in [0.3, 0.4) is 0 Å². The van der Waals surface area contributed by atoms with Crippen molar-refractivity contribution in [2.75, 3.05) is 13.1 Å². The molecule has 0 fully saturated rings. The predicted octanol–water partition coefficient (Wildman–Crippen LogP) is -2.37. The largest absolute Gasteiger partial charge is 0.389 e. The molecule has 0 radical (unpaired) electrons. The first-order chi connectivity index (χ1) is 3.72. The van der Waals surface area contributed by atoms with Crippen LogP contribution in [0.5, 0.6) is 0 Å². The first kappa shape index (κ1) is 7.84. The standard InChI is InChI=1S/C4H12N2O2/c5-1-3(7)4(8)2-6/h3-4,7-8H,1-2,5-6H2/t3-,4-/m1/s1. The monoisotopic (exact) mass is 120 g/mol. The lowest BCUT2D eigenvalue weighted by Gasteiger charge is -2.12. The molecule has 0 amide bonds. The van der Waals surface area contributed by atoms with Crippen molar-refractivity contribution in [1.29, 1.82) is 0 Å². The van der Waals surface area contributed by atoms with Gasteiger partial charge in [0.2, 0.25) is 0 Å². The smallest absolute Gasteiger partial charge is 0.0933 e. The lowest BCUT2D eigenvalue weighted by atomic mass is 10.2. The first-order valence-electron chi connectivity index (χ1n) is 2.48. The summed E-state index contributed by atoms with van der Waals surface area (Å²) in [5.74, 6) is 0. The van der Waals surface area contributed by atoms with Gasteiger partial charge < -0.3 is 21.7 Å². The third-order valence-electron chi connectivity index (χ3n) is 0.927. The number of hydrogen-bond acceptors (Lipinski definition) is 4. The molecule has 2 atom stereocenters. The van der Waals surface area contributed by atoms with Gasteiger partial charge in [0.1, 0.15) is 0 Å². The van der Waals surface area contributed by atoms with E-state index in [1.807, 2.05) is 0 Å². The summed E-state index contributed by atoms with van der Waals surface area (Å²) < 4.78 is 0. The summed E-state index contributed by atoms with van der Waals surface area (Å²) in [6, 6.07) is 0. The Morgan fingerprint density at radius 2 is 1.25 bits per heavy atom. The van der Waals surface area contributed by atoms with Crippen molar-refractivity contribution < 1.29 is 10.2 Å². The Kier molecular flexibility index (Phi) is 3.72. The van der Waals surface area contributed by atoms with Crippen molar-refractivity contribution in [3.8, 4) is 0 Å². The first-order valence-corrected chi connectivity index (χ1v) is 2.48. The molecule has 0 aromatic carbocycles. The highest BCUT2D eigenvalue weighted by Crippen LogP contribution is 1.85. The lowest BCUT2D eigenvalue weighted by molar-refractivity contribution is 0.0312. The fraction of sp³-hybridized carbons (Fsp3) is 1.00. The Labute approximate surface area is 48.1 Å². The normalized spacial score (nSPS) is 18.0. The summed E-state index contributed by atoms with van der Waals surface area (Å²) in [5.41, 5.74) is 9.97. The highest BCUT2D eigenvalue weighted by Gasteiger charge is 2.10. The molecular formula is C4H12N2O2. The fourth-order valence-electron chi connectivity index (χ4n) is 0.314. The molecule has 0 heterocycles. The summed E-state index contributed by atoms with van der Waals surface area (Å²) in [6.45, 7) is 0.108. The van der Waals surface area contributed by atoms with Gasteiger partial charge in [-0.3, -0.25) is 0 Å². The maximum Gasteiger partial charge on any atom is 0.0933 e. The van der Waals surface area contributed by atoms with Crippen LogP contribution in [0.15, 0.2) is 0 Å². The third-order valence-corrected chi connectivity index (χ3v) is 0.927. The van der Waals surface area contributed by atoms with Crippen LogP contribution < -0.4 is 11.5 Å². The molecule has 50 valence electrons. The molecule has 0 saturated carbocycles. The van der Waals surface area contributed by atoms with E-state index in [-0.39, 0.29) is 13.1 Å². The lowest BCUT2D eigenvalue weighted by Crippen LogP contribution is -2.38. The van der Waals surface area contributed by atoms with Gasteiger partial charge in [-0.1, -0.05) is 0 Å². The Hall–Kier alpha value is -0.160. The number of nitrogens with two attached hydrogens (primary N) is 2. The van der Waals surface area contributed by atoms with E-state index in [2.05, 4.69) is 0 Å². The molecule has 6 N–H and O–H groups in total. The van der Waals surface area contributed by atoms with Crippen LogP contribution in [0, 0.1) is 0 Å². The van der Waals surface area contributed by atoms with Gasteiger partial charge in [0.05, 0.1) is 12.2 Å². The second-order valence-corrected chi connectivity index (χ2v) is 1.61. The third kappa shape index (κ3) is 2.23. The molecule has 0 aliphatic rings. The second-order valence-electron chi connectivity index (χ2n) is 1.61. The van der Waals surface area contributed by atoms with Crippen molar-refractivity contribution in [3.05, 3.63) is 0 Å². The number of rotatable bonds is 3. The Balaban J connectivity index is 3.29. The maximum atomic E-state index is 8.67. The molecule has 4 nitrogen and oxygen atoms in total.